The van der Waals surface area contributed by atoms with Crippen LogP contribution in [0, 0.1) is 0 Å². The largest absolute Gasteiger partial charge is 0.472 e. The molecule has 0 aromatic rings. The van der Waals surface area contributed by atoms with Crippen LogP contribution in [0.1, 0.15) is 149 Å². The van der Waals surface area contributed by atoms with Crippen LogP contribution in [0.3, 0.4) is 0 Å². The summed E-state index contributed by atoms with van der Waals surface area (Å²) in [5, 5.41) is 49.9. The van der Waals surface area contributed by atoms with Crippen LogP contribution in [-0.4, -0.2) is 98.9 Å². The average Bonchev–Trinajstić information content (AvgIpc) is 3.11. The van der Waals surface area contributed by atoms with Gasteiger partial charge in [-0.15, -0.1) is 0 Å². The molecule has 1 rings (SSSR count). The lowest BCUT2D eigenvalue weighted by Gasteiger charge is -2.41. The normalized spacial score (nSPS) is 24.3. The highest BCUT2D eigenvalue weighted by Crippen LogP contribution is 2.47. The van der Waals surface area contributed by atoms with Gasteiger partial charge >= 0.3 is 13.8 Å². The third kappa shape index (κ3) is 23.3. The van der Waals surface area contributed by atoms with E-state index < -0.39 is 63.1 Å². The number of hydrogen-bond acceptors (Lipinski definition) is 11. The molecule has 6 unspecified atom stereocenters. The number of phosphoric ester groups is 1. The summed E-state index contributed by atoms with van der Waals surface area (Å²) in [6.45, 7) is 4.14. The predicted molar refractivity (Wildman–Crippen MR) is 198 cm³/mol. The van der Waals surface area contributed by atoms with Gasteiger partial charge in [0.2, 0.25) is 0 Å². The Morgan fingerprint density at radius 1 is 0.627 bits per heavy atom. The Morgan fingerprint density at radius 3 is 1.67 bits per heavy atom. The molecule has 1 aliphatic rings. The zero-order valence-electron chi connectivity index (χ0n) is 31.4. The number of phosphoric acid groups is 1. The molecular formula is C38H71O12P. The predicted octanol–water partition coefficient (Wildman–Crippen LogP) is 6.58. The molecule has 51 heavy (non-hydrogen) atoms. The van der Waals surface area contributed by atoms with Crippen LogP contribution in [-0.2, 0) is 27.9 Å². The van der Waals surface area contributed by atoms with E-state index in [9.17, 15) is 39.8 Å². The molecule has 0 spiro atoms. The second-order valence-electron chi connectivity index (χ2n) is 13.8. The van der Waals surface area contributed by atoms with Crippen LogP contribution in [0.25, 0.3) is 0 Å². The quantitative estimate of drug-likeness (QED) is 0.0188. The van der Waals surface area contributed by atoms with Crippen molar-refractivity contribution in [2.24, 2.45) is 0 Å². The van der Waals surface area contributed by atoms with Crippen molar-refractivity contribution in [3.63, 3.8) is 0 Å². The highest BCUT2D eigenvalue weighted by molar-refractivity contribution is 7.47. The Labute approximate surface area is 307 Å². The summed E-state index contributed by atoms with van der Waals surface area (Å²) in [6.07, 6.45) is 18.6. The summed E-state index contributed by atoms with van der Waals surface area (Å²) in [5.74, 6) is -0.489. The number of esters is 1. The molecule has 1 saturated carbocycles. The van der Waals surface area contributed by atoms with Gasteiger partial charge in [-0.05, 0) is 44.9 Å². The highest BCUT2D eigenvalue weighted by atomic mass is 31.2. The van der Waals surface area contributed by atoms with Gasteiger partial charge in [0.1, 0.15) is 42.7 Å². The maximum absolute atomic E-state index is 12.7. The lowest BCUT2D eigenvalue weighted by molar-refractivity contribution is -0.220. The van der Waals surface area contributed by atoms with E-state index in [-0.39, 0.29) is 13.0 Å². The molecule has 0 saturated heterocycles. The maximum atomic E-state index is 12.7. The lowest BCUT2D eigenvalue weighted by atomic mass is 9.85. The molecule has 13 heteroatoms. The molecule has 0 radical (unpaired) electrons. The first kappa shape index (κ1) is 47.8. The first-order chi connectivity index (χ1) is 24.5. The number of unbranched alkanes of at least 4 members (excludes halogenated alkanes) is 16. The van der Waals surface area contributed by atoms with Gasteiger partial charge in [-0.25, -0.2) is 4.57 Å². The van der Waals surface area contributed by atoms with E-state index in [1.165, 1.54) is 57.8 Å². The zero-order chi connectivity index (χ0) is 37.7. The van der Waals surface area contributed by atoms with Gasteiger partial charge in [-0.2, -0.15) is 0 Å². The average molecular weight is 751 g/mol. The number of hydrogen-bond donors (Lipinski definition) is 6. The van der Waals surface area contributed by atoms with Gasteiger partial charge in [0.15, 0.2) is 0 Å². The molecule has 1 fully saturated rings. The summed E-state index contributed by atoms with van der Waals surface area (Å²) >= 11 is 0. The topological polar surface area (TPSA) is 192 Å². The number of carbonyl (C=O) groups excluding carboxylic acids is 1. The standard InChI is InChI=1S/C38H71O12P/c1-3-5-7-9-11-12-13-14-15-16-17-18-19-20-22-24-26-28-47-29-31(49-32(39)27-25-23-21-10-8-6-4-2)30-48-51(45,46)50-38-36(43)34(41)33(40)35(42)37(38)44/h12-13,15-16,31,33-38,40-44H,3-11,14,17-30H2,1-2H3,(H,45,46)/b13-12-,16-15-. The summed E-state index contributed by atoms with van der Waals surface area (Å²) in [6, 6.07) is 0. The van der Waals surface area contributed by atoms with E-state index in [2.05, 4.69) is 38.2 Å². The van der Waals surface area contributed by atoms with E-state index in [0.29, 0.717) is 13.0 Å². The molecule has 300 valence electrons. The minimum atomic E-state index is -5.00. The third-order valence-electron chi connectivity index (χ3n) is 9.08. The van der Waals surface area contributed by atoms with Crippen molar-refractivity contribution >= 4 is 13.8 Å². The highest BCUT2D eigenvalue weighted by Gasteiger charge is 2.51. The molecule has 0 amide bonds. The van der Waals surface area contributed by atoms with Gasteiger partial charge in [-0.1, -0.05) is 122 Å². The monoisotopic (exact) mass is 750 g/mol. The van der Waals surface area contributed by atoms with E-state index in [1.807, 2.05) is 0 Å². The maximum Gasteiger partial charge on any atom is 0.472 e. The van der Waals surface area contributed by atoms with Crippen LogP contribution in [0.15, 0.2) is 24.3 Å². The summed E-state index contributed by atoms with van der Waals surface area (Å²) in [7, 11) is -5.00. The molecule has 0 aliphatic heterocycles. The van der Waals surface area contributed by atoms with Gasteiger partial charge < -0.3 is 39.9 Å². The van der Waals surface area contributed by atoms with Crippen LogP contribution < -0.4 is 0 Å². The Balaban J connectivity index is 2.41. The Hall–Kier alpha value is -1.18. The molecule has 6 atom stereocenters. The van der Waals surface area contributed by atoms with Crippen LogP contribution in [0.2, 0.25) is 0 Å². The Bertz CT molecular complexity index is 947. The fraction of sp³-hybridized carbons (Fsp3) is 0.868. The molecule has 0 aromatic carbocycles. The molecular weight excluding hydrogens is 679 g/mol. The number of rotatable bonds is 32. The first-order valence-electron chi connectivity index (χ1n) is 19.7. The van der Waals surface area contributed by atoms with Crippen LogP contribution in [0.5, 0.6) is 0 Å². The van der Waals surface area contributed by atoms with Gasteiger partial charge in [0, 0.05) is 13.0 Å². The van der Waals surface area contributed by atoms with Crippen LogP contribution in [0.4, 0.5) is 0 Å². The summed E-state index contributed by atoms with van der Waals surface area (Å²) in [4.78, 5) is 22.9. The fourth-order valence-electron chi connectivity index (χ4n) is 5.85. The number of carbonyl (C=O) groups is 1. The minimum absolute atomic E-state index is 0.0819. The molecule has 0 heterocycles. The Morgan fingerprint density at radius 2 is 1.10 bits per heavy atom. The summed E-state index contributed by atoms with van der Waals surface area (Å²) in [5.41, 5.74) is 0. The first-order valence-corrected chi connectivity index (χ1v) is 21.2. The lowest BCUT2D eigenvalue weighted by Crippen LogP contribution is -2.64. The van der Waals surface area contributed by atoms with Crippen LogP contribution >= 0.6 is 7.82 Å². The SMILES string of the molecule is CCCCCC/C=C\C/C=C\CCCCCCCCOCC(COP(=O)(O)OC1C(O)C(O)C(O)C(O)C1O)OC(=O)CCCCCCCCC. The zero-order valence-corrected chi connectivity index (χ0v) is 32.3. The van der Waals surface area contributed by atoms with Crippen molar-refractivity contribution in [2.75, 3.05) is 19.8 Å². The number of allylic oxidation sites excluding steroid dienone is 4. The van der Waals surface area contributed by atoms with Gasteiger partial charge in [0.05, 0.1) is 13.2 Å². The number of aliphatic hydroxyl groups is 5. The van der Waals surface area contributed by atoms with Crippen molar-refractivity contribution in [3.05, 3.63) is 24.3 Å². The van der Waals surface area contributed by atoms with Crippen molar-refractivity contribution in [1.82, 2.24) is 0 Å². The number of aliphatic hydroxyl groups excluding tert-OH is 5. The molecule has 0 bridgehead atoms. The van der Waals surface area contributed by atoms with Gasteiger partial charge in [0.25, 0.3) is 0 Å². The molecule has 0 aromatic heterocycles. The molecule has 1 aliphatic carbocycles. The smallest absolute Gasteiger partial charge is 0.457 e. The molecule has 6 N–H and O–H groups in total. The van der Waals surface area contributed by atoms with Crippen molar-refractivity contribution < 1.29 is 58.3 Å². The third-order valence-corrected chi connectivity index (χ3v) is 10.1. The van der Waals surface area contributed by atoms with Crippen molar-refractivity contribution in [2.45, 2.75) is 191 Å². The van der Waals surface area contributed by atoms with E-state index in [4.69, 9.17) is 18.5 Å². The van der Waals surface area contributed by atoms with E-state index in [1.54, 1.807) is 0 Å². The van der Waals surface area contributed by atoms with E-state index >= 15 is 0 Å². The second kappa shape index (κ2) is 30.2. The van der Waals surface area contributed by atoms with Gasteiger partial charge in [-0.3, -0.25) is 13.8 Å². The fourth-order valence-corrected chi connectivity index (χ4v) is 6.83. The summed E-state index contributed by atoms with van der Waals surface area (Å²) < 4.78 is 33.9. The number of ether oxygens (including phenoxy) is 2. The van der Waals surface area contributed by atoms with Crippen molar-refractivity contribution in [3.8, 4) is 0 Å². The van der Waals surface area contributed by atoms with Crippen molar-refractivity contribution in [1.29, 1.82) is 0 Å². The Kier molecular flexibility index (Phi) is 28.3. The minimum Gasteiger partial charge on any atom is -0.457 e. The van der Waals surface area contributed by atoms with E-state index in [0.717, 1.165) is 64.2 Å². The second-order valence-corrected chi connectivity index (χ2v) is 15.2. The molecule has 12 nitrogen and oxygen atoms in total.